The molecule has 0 aliphatic heterocycles. The zero-order valence-electron chi connectivity index (χ0n) is 24.0. The van der Waals surface area contributed by atoms with Gasteiger partial charge in [-0.2, -0.15) is 17.2 Å². The van der Waals surface area contributed by atoms with Crippen molar-refractivity contribution in [1.29, 1.82) is 0 Å². The topological polar surface area (TPSA) is 0 Å². The number of rotatable bonds is 1. The molecule has 2 aromatic rings. The Bertz CT molecular complexity index is 1170. The largest absolute Gasteiger partial charge is 3.00 e. The van der Waals surface area contributed by atoms with E-state index in [4.69, 9.17) is 17.0 Å². The first-order valence-electron chi connectivity index (χ1n) is 12.3. The quantitative estimate of drug-likeness (QED) is 0.364. The molecule has 0 heterocycles. The number of fused-ring (bicyclic) bond motifs is 2. The molecule has 0 amide bonds. The van der Waals surface area contributed by atoms with Crippen LogP contribution in [0.4, 0.5) is 0 Å². The molecule has 0 aromatic heterocycles. The van der Waals surface area contributed by atoms with Crippen LogP contribution in [0, 0.1) is 25.0 Å². The van der Waals surface area contributed by atoms with Gasteiger partial charge in [0.25, 0.3) is 0 Å². The van der Waals surface area contributed by atoms with E-state index < -0.39 is 20.8 Å². The predicted molar refractivity (Wildman–Crippen MR) is 161 cm³/mol. The maximum atomic E-state index is 4.93. The second-order valence-electron chi connectivity index (χ2n) is 9.73. The molecule has 1 radical (unpaired) electrons. The first-order valence-corrected chi connectivity index (χ1v) is 18.7. The molecular weight excluding hydrogens is 733 g/mol. The molecule has 2 atom stereocenters. The third-order valence-corrected chi connectivity index (χ3v) is 7.21. The van der Waals surface area contributed by atoms with Crippen LogP contribution in [-0.2, 0) is 47.1 Å². The van der Waals surface area contributed by atoms with Crippen molar-refractivity contribution >= 4 is 29.2 Å². The molecule has 6 heteroatoms. The fourth-order valence-electron chi connectivity index (χ4n) is 4.93. The van der Waals surface area contributed by atoms with Crippen LogP contribution >= 0.6 is 17.0 Å². The maximum Gasteiger partial charge on any atom is 3.00 e. The average Bonchev–Trinajstić information content (AvgIpc) is 3.67. The Kier molecular flexibility index (Phi) is 21.7. The van der Waals surface area contributed by atoms with Gasteiger partial charge in [-0.25, -0.2) is 17.7 Å². The molecule has 40 heavy (non-hydrogen) atoms. The van der Waals surface area contributed by atoms with Gasteiger partial charge in [0.05, 0.1) is 0 Å². The van der Waals surface area contributed by atoms with Crippen molar-refractivity contribution < 1.29 is 71.9 Å². The summed E-state index contributed by atoms with van der Waals surface area (Å²) in [6.07, 6.45) is 22.7. The van der Waals surface area contributed by atoms with Crippen molar-refractivity contribution in [2.45, 2.75) is 52.9 Å². The van der Waals surface area contributed by atoms with Gasteiger partial charge in [0.2, 0.25) is 0 Å². The minimum absolute atomic E-state index is 0. The van der Waals surface area contributed by atoms with Gasteiger partial charge < -0.3 is 32.2 Å². The van der Waals surface area contributed by atoms with E-state index in [2.05, 4.69) is 126 Å². The molecule has 0 spiro atoms. The van der Waals surface area contributed by atoms with E-state index in [-0.39, 0.29) is 63.9 Å². The Balaban J connectivity index is 0. The second-order valence-corrected chi connectivity index (χ2v) is 13.5. The molecule has 2 aromatic carbocycles. The van der Waals surface area contributed by atoms with Crippen molar-refractivity contribution in [1.82, 2.24) is 0 Å². The molecule has 0 saturated heterocycles. The van der Waals surface area contributed by atoms with Crippen LogP contribution in [0.5, 0.6) is 0 Å². The van der Waals surface area contributed by atoms with Gasteiger partial charge in [-0.15, -0.1) is 13.3 Å². The Morgan fingerprint density at radius 2 is 1.27 bits per heavy atom. The maximum absolute atomic E-state index is 4.93. The van der Waals surface area contributed by atoms with Gasteiger partial charge in [0.15, 0.2) is 0 Å². The molecule has 2 unspecified atom stereocenters. The number of allylic oxidation sites excluding steroid dienone is 10. The number of benzene rings is 2. The Labute approximate surface area is 293 Å². The van der Waals surface area contributed by atoms with Gasteiger partial charge >= 0.3 is 64.1 Å². The fourth-order valence-corrected chi connectivity index (χ4v) is 4.93. The monoisotopic (exact) mass is 765 g/mol. The van der Waals surface area contributed by atoms with E-state index in [1.165, 1.54) is 39.0 Å². The van der Waals surface area contributed by atoms with Crippen LogP contribution < -0.4 is 24.8 Å². The second kappa shape index (κ2) is 20.7. The molecule has 0 nitrogen and oxygen atoms in total. The Morgan fingerprint density at radius 1 is 0.825 bits per heavy atom. The van der Waals surface area contributed by atoms with Gasteiger partial charge in [-0.1, -0.05) is 106 Å². The molecule has 4 aliphatic carbocycles. The van der Waals surface area contributed by atoms with E-state index in [0.29, 0.717) is 11.8 Å². The molecule has 4 aliphatic rings. The van der Waals surface area contributed by atoms with Crippen LogP contribution in [0.2, 0.25) is 0 Å². The van der Waals surface area contributed by atoms with Crippen molar-refractivity contribution in [2.75, 3.05) is 0 Å². The SMILES string of the molecule is C1=CC(C2C=Cc3ccccc32)c2ccccc21.CC1=[C-]C(C)(C)C(C)=C1C.[C-]1=CC=CC1.[CH3-].[Cl-].[Cl-].[Cl][Zr+2][Cl].[Zr+3]. The summed E-state index contributed by atoms with van der Waals surface area (Å²) in [5.74, 6) is 1.00. The molecule has 0 fully saturated rings. The number of hydrogen-bond donors (Lipinski definition) is 0. The van der Waals surface area contributed by atoms with Gasteiger partial charge in [-0.05, 0) is 22.3 Å². The van der Waals surface area contributed by atoms with Crippen LogP contribution in [-0.4, -0.2) is 0 Å². The summed E-state index contributed by atoms with van der Waals surface area (Å²) in [5.41, 5.74) is 10.1. The Hall–Kier alpha value is -0.194. The molecular formula is C34H37Cl4Zr2. The van der Waals surface area contributed by atoms with Crippen molar-refractivity contribution in [2.24, 2.45) is 5.41 Å². The molecule has 6 rings (SSSR count). The molecule has 0 bridgehead atoms. The smallest absolute Gasteiger partial charge is 3.00 e. The zero-order chi connectivity index (χ0) is 26.1. The fraction of sp³-hybridized carbons (Fsp3) is 0.265. The minimum atomic E-state index is -0.826. The van der Waals surface area contributed by atoms with Gasteiger partial charge in [0.1, 0.15) is 0 Å². The van der Waals surface area contributed by atoms with E-state index in [1.807, 2.05) is 12.2 Å². The average molecular weight is 770 g/mol. The van der Waals surface area contributed by atoms with Gasteiger partial charge in [-0.3, -0.25) is 12.2 Å². The Morgan fingerprint density at radius 3 is 1.55 bits per heavy atom. The summed E-state index contributed by atoms with van der Waals surface area (Å²) in [5, 5.41) is 0. The third-order valence-electron chi connectivity index (χ3n) is 7.21. The first kappa shape index (κ1) is 41.9. The zero-order valence-corrected chi connectivity index (χ0v) is 32.0. The minimum Gasteiger partial charge on any atom is 3.00 e. The van der Waals surface area contributed by atoms with Crippen molar-refractivity contribution in [3.05, 3.63) is 137 Å². The number of halogens is 4. The van der Waals surface area contributed by atoms with E-state index in [9.17, 15) is 0 Å². The summed E-state index contributed by atoms with van der Waals surface area (Å²) >= 11 is -0.826. The third kappa shape index (κ3) is 11.1. The molecule has 209 valence electrons. The summed E-state index contributed by atoms with van der Waals surface area (Å²) < 4.78 is 0. The summed E-state index contributed by atoms with van der Waals surface area (Å²) in [6.45, 7) is 10.9. The number of hydrogen-bond acceptors (Lipinski definition) is 0. The van der Waals surface area contributed by atoms with E-state index in [1.54, 1.807) is 0 Å². The van der Waals surface area contributed by atoms with E-state index in [0.717, 1.165) is 6.42 Å². The van der Waals surface area contributed by atoms with Crippen molar-refractivity contribution in [3.8, 4) is 0 Å². The predicted octanol–water partition coefficient (Wildman–Crippen LogP) is 4.86. The summed E-state index contributed by atoms with van der Waals surface area (Å²) in [7, 11) is 9.87. The van der Waals surface area contributed by atoms with Crippen molar-refractivity contribution in [3.63, 3.8) is 0 Å². The summed E-state index contributed by atoms with van der Waals surface area (Å²) in [4.78, 5) is 0. The summed E-state index contributed by atoms with van der Waals surface area (Å²) in [6, 6.07) is 17.4. The normalized spacial score (nSPS) is 18.7. The molecule has 0 saturated carbocycles. The van der Waals surface area contributed by atoms with Crippen LogP contribution in [0.3, 0.4) is 0 Å². The molecule has 0 N–H and O–H groups in total. The first-order chi connectivity index (χ1) is 17.3. The van der Waals surface area contributed by atoms with E-state index >= 15 is 0 Å². The van der Waals surface area contributed by atoms with Crippen LogP contribution in [0.15, 0.2) is 95.6 Å². The standard InChI is InChI=1S/C18H14.C10H15.C5H5.CH3.4ClH.2Zr/c1-3-7-15-13(5-1)9-11-17(15)18-12-10-14-6-2-4-8-16(14)18;1-7-6-10(4,5)9(3)8(7)2;1-2-4-5-3-1;;;;;;;/h1-12,17-18H;1-5H3;1-3H,4H2;1H3;4*1H;;/q;3*-1;;;;;+3;+4/p-4. The van der Waals surface area contributed by atoms with Crippen LogP contribution in [0.25, 0.3) is 12.2 Å². The van der Waals surface area contributed by atoms with Gasteiger partial charge in [0, 0.05) is 11.8 Å². The van der Waals surface area contributed by atoms with Crippen LogP contribution in [0.1, 0.15) is 75.1 Å².